The molecule has 1 heterocycles. The van der Waals surface area contributed by atoms with Crippen molar-refractivity contribution in [2.45, 2.75) is 196 Å². The topological polar surface area (TPSA) is 721 Å². The molecule has 0 saturated carbocycles. The number of guanidine groups is 1. The first-order valence-corrected chi connectivity index (χ1v) is 31.8. The van der Waals surface area contributed by atoms with Crippen LogP contribution in [-0.4, -0.2) is 255 Å². The fourth-order valence-electron chi connectivity index (χ4n) is 9.57. The van der Waals surface area contributed by atoms with Crippen LogP contribution in [-0.2, 0) is 81.5 Å². The Hall–Kier alpha value is -9.94. The van der Waals surface area contributed by atoms with E-state index in [9.17, 15) is 96.8 Å². The SMILES string of the molecule is CC(C)[C@H](NC(=O)[C@@H]1CCCN1C(=O)[C@H](CO)NC(=O)[C@H](CCCCN)NC(=O)[C@H](CCC(N)=O)NC(=O)[C@H](C)NC(=O)[C@H](CCC(N)=O)NC(=O)[C@H](CO)NC(=O)[C@@H](N)CC(=O)O)C(=O)N[C@@H](CCCCN)C(=O)N[C@@H](CCCN=C(N)N)C(=O)NCC(=O)N[C@@H](CC(=O)O)C(=O)O. The maximum Gasteiger partial charge on any atom is 0.326 e. The lowest BCUT2D eigenvalue weighted by molar-refractivity contribution is -0.147. The molecule has 0 spiro atoms. The quantitative estimate of drug-likeness (QED) is 0.0153. The summed E-state index contributed by atoms with van der Waals surface area (Å²) in [6.45, 7) is 1.42. The highest BCUT2D eigenvalue weighted by Crippen LogP contribution is 2.20. The zero-order valence-electron chi connectivity index (χ0n) is 55.4. The van der Waals surface area contributed by atoms with Crippen LogP contribution in [0, 0.1) is 5.92 Å². The number of carboxylic acids is 3. The van der Waals surface area contributed by atoms with Crippen molar-refractivity contribution in [3.05, 3.63) is 0 Å². The van der Waals surface area contributed by atoms with E-state index in [4.69, 9.17) is 50.3 Å². The Kier molecular flexibility index (Phi) is 40.1. The van der Waals surface area contributed by atoms with Gasteiger partial charge in [0.05, 0.1) is 38.6 Å². The molecule has 12 atom stereocenters. The summed E-state index contributed by atoms with van der Waals surface area (Å²) < 4.78 is 0. The number of unbranched alkanes of at least 4 members (excludes halogenated alkanes) is 2. The van der Waals surface area contributed by atoms with Gasteiger partial charge in [-0.3, -0.25) is 81.7 Å². The number of hydrogen-bond acceptors (Lipinski definition) is 23. The van der Waals surface area contributed by atoms with Crippen molar-refractivity contribution in [3.63, 3.8) is 0 Å². The van der Waals surface area contributed by atoms with E-state index in [0.717, 1.165) is 11.8 Å². The standard InChI is InChI=1S/C57H98N20O22/c1-27(2)44(54(96)73-32(11-5-7-19-59)49(91)70-30(12-8-20-65-57(63)64)47(89)66-24-41(82)68-35(56(98)99)23-43(85)86)76-53(95)38-13-9-21-77(38)55(97)37(26-79)75-50(92)31(10-4-6-18-58)71-51(93)34(15-17-40(62)81)69-45(87)28(3)67-48(90)33(14-16-39(61)80)72-52(94)36(25-78)74-46(88)29(60)22-42(83)84/h27-38,44,78-79H,4-26,58-60H2,1-3H3,(H2,61,80)(H2,62,81)(H,66,89)(H,67,90)(H,68,82)(H,69,87)(H,70,91)(H,71,93)(H,72,94)(H,73,96)(H,74,88)(H,75,92)(H,76,95)(H,83,84)(H,85,86)(H,98,99)(H4,63,64,65)/t28-,29-,30-,31-,32-,33-,34-,35-,36-,37-,38-,44-/m0/s1. The molecule has 0 aromatic heterocycles. The molecule has 42 heteroatoms. The fraction of sp³-hybridized carbons (Fsp3) is 0.684. The van der Waals surface area contributed by atoms with Crippen LogP contribution in [0.25, 0.3) is 0 Å². The maximum atomic E-state index is 14.3. The molecule has 0 unspecified atom stereocenters. The van der Waals surface area contributed by atoms with Gasteiger partial charge in [-0.1, -0.05) is 13.8 Å². The third-order valence-corrected chi connectivity index (χ3v) is 15.0. The molecule has 14 amide bonds. The molecule has 1 aliphatic heterocycles. The first-order chi connectivity index (χ1) is 46.5. The number of aliphatic hydroxyl groups is 2. The number of carbonyl (C=O) groups is 17. The molecule has 30 N–H and O–H groups in total. The molecule has 1 saturated heterocycles. The highest BCUT2D eigenvalue weighted by molar-refractivity contribution is 6.00. The van der Waals surface area contributed by atoms with Crippen molar-refractivity contribution in [1.82, 2.24) is 63.4 Å². The van der Waals surface area contributed by atoms with Gasteiger partial charge in [0.15, 0.2) is 5.96 Å². The minimum absolute atomic E-state index is 0.0165. The summed E-state index contributed by atoms with van der Waals surface area (Å²) in [7, 11) is 0. The Morgan fingerprint density at radius 1 is 0.485 bits per heavy atom. The summed E-state index contributed by atoms with van der Waals surface area (Å²) in [5.41, 5.74) is 38.4. The van der Waals surface area contributed by atoms with Crippen molar-refractivity contribution in [2.75, 3.05) is 45.9 Å². The average Bonchev–Trinajstić information content (AvgIpc) is 1.75. The van der Waals surface area contributed by atoms with E-state index in [-0.39, 0.29) is 83.5 Å². The summed E-state index contributed by atoms with van der Waals surface area (Å²) in [5.74, 6) is -20.0. The van der Waals surface area contributed by atoms with Gasteiger partial charge in [0, 0.05) is 25.9 Å². The zero-order chi connectivity index (χ0) is 75.2. The number of aliphatic hydroxyl groups excluding tert-OH is 2. The van der Waals surface area contributed by atoms with E-state index in [2.05, 4.69) is 52.8 Å². The molecule has 0 aromatic rings. The van der Waals surface area contributed by atoms with E-state index in [0.29, 0.717) is 12.8 Å². The highest BCUT2D eigenvalue weighted by atomic mass is 16.4. The Morgan fingerprint density at radius 3 is 1.37 bits per heavy atom. The van der Waals surface area contributed by atoms with Crippen molar-refractivity contribution in [2.24, 2.45) is 51.0 Å². The average molecular weight is 1420 g/mol. The smallest absolute Gasteiger partial charge is 0.326 e. The minimum Gasteiger partial charge on any atom is -0.481 e. The van der Waals surface area contributed by atoms with Gasteiger partial charge in [-0.25, -0.2) is 4.79 Å². The Bertz CT molecular complexity index is 2860. The Labute approximate surface area is 568 Å². The second-order valence-electron chi connectivity index (χ2n) is 23.4. The number of rotatable bonds is 49. The van der Waals surface area contributed by atoms with Gasteiger partial charge < -0.3 is 129 Å². The maximum absolute atomic E-state index is 14.3. The van der Waals surface area contributed by atoms with Crippen LogP contribution in [0.5, 0.6) is 0 Å². The van der Waals surface area contributed by atoms with Crippen LogP contribution in [0.4, 0.5) is 0 Å². The fourth-order valence-corrected chi connectivity index (χ4v) is 9.57. The van der Waals surface area contributed by atoms with Gasteiger partial charge in [0.2, 0.25) is 82.7 Å². The third kappa shape index (κ3) is 33.2. The molecule has 1 rings (SSSR count). The van der Waals surface area contributed by atoms with E-state index < -0.39 is 237 Å². The molecular weight excluding hydrogens is 1320 g/mol. The summed E-state index contributed by atoms with van der Waals surface area (Å²) in [6, 6.07) is -19.1. The number of aliphatic imine (C=N–C) groups is 1. The van der Waals surface area contributed by atoms with Crippen molar-refractivity contribution >= 4 is 107 Å². The zero-order valence-corrected chi connectivity index (χ0v) is 55.4. The molecule has 99 heavy (non-hydrogen) atoms. The van der Waals surface area contributed by atoms with Crippen molar-refractivity contribution in [3.8, 4) is 0 Å². The van der Waals surface area contributed by atoms with Gasteiger partial charge >= 0.3 is 17.9 Å². The number of carbonyl (C=O) groups excluding carboxylic acids is 14. The molecule has 1 fully saturated rings. The predicted octanol–water partition coefficient (Wildman–Crippen LogP) is -11.2. The van der Waals surface area contributed by atoms with Crippen LogP contribution in [0.1, 0.15) is 124 Å². The van der Waals surface area contributed by atoms with Crippen molar-refractivity contribution in [1.29, 1.82) is 0 Å². The molecule has 0 aromatic carbocycles. The summed E-state index contributed by atoms with van der Waals surface area (Å²) >= 11 is 0. The lowest BCUT2D eigenvalue weighted by Crippen LogP contribution is -2.61. The van der Waals surface area contributed by atoms with Gasteiger partial charge in [0.25, 0.3) is 0 Å². The first-order valence-electron chi connectivity index (χ1n) is 31.8. The Balaban J connectivity index is 3.43. The second-order valence-corrected chi connectivity index (χ2v) is 23.4. The van der Waals surface area contributed by atoms with Gasteiger partial charge in [0.1, 0.15) is 66.5 Å². The number of primary amides is 2. The normalized spacial score (nSPS) is 15.8. The predicted molar refractivity (Wildman–Crippen MR) is 344 cm³/mol. The largest absolute Gasteiger partial charge is 0.481 e. The van der Waals surface area contributed by atoms with E-state index in [1.807, 2.05) is 10.6 Å². The number of hydrogen-bond donors (Lipinski definition) is 23. The molecule has 0 radical (unpaired) electrons. The van der Waals surface area contributed by atoms with E-state index >= 15 is 0 Å². The second kappa shape index (κ2) is 45.5. The van der Waals surface area contributed by atoms with Crippen LogP contribution in [0.3, 0.4) is 0 Å². The monoisotopic (exact) mass is 1410 g/mol. The lowest BCUT2D eigenvalue weighted by atomic mass is 10.0. The van der Waals surface area contributed by atoms with E-state index in [1.165, 1.54) is 0 Å². The molecule has 0 bridgehead atoms. The number of nitrogens with one attached hydrogen (secondary N) is 11. The van der Waals surface area contributed by atoms with Crippen LogP contribution >= 0.6 is 0 Å². The lowest BCUT2D eigenvalue weighted by Gasteiger charge is -2.31. The van der Waals surface area contributed by atoms with Gasteiger partial charge in [-0.2, -0.15) is 0 Å². The van der Waals surface area contributed by atoms with Crippen LogP contribution in [0.2, 0.25) is 0 Å². The van der Waals surface area contributed by atoms with Crippen LogP contribution < -0.4 is 98.6 Å². The molecule has 558 valence electrons. The molecular formula is C57H98N20O22. The molecule has 42 nitrogen and oxygen atoms in total. The number of amides is 14. The number of nitrogens with two attached hydrogens (primary N) is 7. The number of nitrogens with zero attached hydrogens (tertiary/aromatic N) is 2. The molecule has 0 aliphatic carbocycles. The Morgan fingerprint density at radius 2 is 0.919 bits per heavy atom. The number of carboxylic acid groups (broad SMARTS) is 3. The van der Waals surface area contributed by atoms with Crippen LogP contribution in [0.15, 0.2) is 4.99 Å². The summed E-state index contributed by atoms with van der Waals surface area (Å²) in [4.78, 5) is 226. The highest BCUT2D eigenvalue weighted by Gasteiger charge is 2.41. The summed E-state index contributed by atoms with van der Waals surface area (Å²) in [5, 5.41) is 73.4. The minimum atomic E-state index is -1.84. The number of likely N-dealkylation sites (tertiary alicyclic amines) is 1. The number of aliphatic carboxylic acids is 3. The molecule has 1 aliphatic rings. The summed E-state index contributed by atoms with van der Waals surface area (Å²) in [6.07, 6.45) is -2.87. The van der Waals surface area contributed by atoms with Gasteiger partial charge in [-0.05, 0) is 103 Å². The first kappa shape index (κ1) is 87.1. The van der Waals surface area contributed by atoms with Gasteiger partial charge in [-0.15, -0.1) is 0 Å². The third-order valence-electron chi connectivity index (χ3n) is 15.0. The van der Waals surface area contributed by atoms with E-state index in [1.54, 1.807) is 13.8 Å². The van der Waals surface area contributed by atoms with Crippen molar-refractivity contribution < 1.29 is 107 Å².